The fourth-order valence-electron chi connectivity index (χ4n) is 1.58. The highest BCUT2D eigenvalue weighted by atomic mass is 15.4. The van der Waals surface area contributed by atoms with Crippen molar-refractivity contribution in [2.24, 2.45) is 11.8 Å². The van der Waals surface area contributed by atoms with Crippen molar-refractivity contribution in [3.05, 3.63) is 0 Å². The Balaban J connectivity index is 2.38. The van der Waals surface area contributed by atoms with Crippen molar-refractivity contribution in [1.82, 2.24) is 5.01 Å². The van der Waals surface area contributed by atoms with Crippen molar-refractivity contribution in [3.8, 4) is 0 Å². The second-order valence-electron chi connectivity index (χ2n) is 3.10. The third-order valence-electron chi connectivity index (χ3n) is 2.14. The highest BCUT2D eigenvalue weighted by molar-refractivity contribution is 4.77. The maximum absolute atomic E-state index is 5.71. The highest BCUT2D eigenvalue weighted by Crippen LogP contribution is 2.20. The molecule has 1 aliphatic heterocycles. The third kappa shape index (κ3) is 1.43. The Hall–Kier alpha value is -0.0800. The van der Waals surface area contributed by atoms with E-state index in [-0.39, 0.29) is 0 Å². The summed E-state index contributed by atoms with van der Waals surface area (Å²) in [6.07, 6.45) is 2.48. The van der Waals surface area contributed by atoms with Crippen LogP contribution in [0.2, 0.25) is 0 Å². The van der Waals surface area contributed by atoms with Crippen molar-refractivity contribution in [2.75, 3.05) is 6.54 Å². The van der Waals surface area contributed by atoms with Crippen LogP contribution in [0.15, 0.2) is 0 Å². The normalized spacial score (nSPS) is 37.7. The van der Waals surface area contributed by atoms with Gasteiger partial charge in [-0.1, -0.05) is 13.8 Å². The average Bonchev–Trinajstić information content (AvgIpc) is 2.10. The lowest BCUT2D eigenvalue weighted by molar-refractivity contribution is 0.254. The number of hydrogen-bond acceptors (Lipinski definition) is 2. The topological polar surface area (TPSA) is 29.3 Å². The van der Waals surface area contributed by atoms with E-state index in [0.717, 1.165) is 12.5 Å². The molecule has 1 fully saturated rings. The lowest BCUT2D eigenvalue weighted by Crippen LogP contribution is -2.35. The Morgan fingerprint density at radius 1 is 1.67 bits per heavy atom. The second-order valence-corrected chi connectivity index (χ2v) is 3.10. The molecule has 0 bridgehead atoms. The molecule has 0 radical (unpaired) electrons. The van der Waals surface area contributed by atoms with Gasteiger partial charge in [-0.15, -0.1) is 0 Å². The molecule has 1 saturated heterocycles. The van der Waals surface area contributed by atoms with Crippen LogP contribution in [0, 0.1) is 5.92 Å². The molecule has 2 atom stereocenters. The summed E-state index contributed by atoms with van der Waals surface area (Å²) in [5.41, 5.74) is 0. The summed E-state index contributed by atoms with van der Waals surface area (Å²) < 4.78 is 0. The molecule has 0 amide bonds. The molecule has 2 heteroatoms. The summed E-state index contributed by atoms with van der Waals surface area (Å²) in [5.74, 6) is 6.52. The summed E-state index contributed by atoms with van der Waals surface area (Å²) in [7, 11) is 0. The van der Waals surface area contributed by atoms with Gasteiger partial charge in [0.2, 0.25) is 0 Å². The number of rotatable bonds is 1. The quantitative estimate of drug-likeness (QED) is 0.533. The summed E-state index contributed by atoms with van der Waals surface area (Å²) in [5, 5.41) is 1.98. The zero-order chi connectivity index (χ0) is 6.85. The zero-order valence-electron chi connectivity index (χ0n) is 6.30. The molecule has 1 rings (SSSR count). The van der Waals surface area contributed by atoms with Gasteiger partial charge in [0.05, 0.1) is 0 Å². The van der Waals surface area contributed by atoms with Gasteiger partial charge in [-0.05, 0) is 18.8 Å². The Kier molecular flexibility index (Phi) is 2.09. The van der Waals surface area contributed by atoms with E-state index in [0.29, 0.717) is 6.04 Å². The van der Waals surface area contributed by atoms with Gasteiger partial charge in [0.15, 0.2) is 0 Å². The van der Waals surface area contributed by atoms with Gasteiger partial charge in [0, 0.05) is 12.6 Å². The van der Waals surface area contributed by atoms with Gasteiger partial charge in [-0.3, -0.25) is 5.84 Å². The van der Waals surface area contributed by atoms with Crippen molar-refractivity contribution < 1.29 is 0 Å². The van der Waals surface area contributed by atoms with E-state index in [9.17, 15) is 0 Å². The summed E-state index contributed by atoms with van der Waals surface area (Å²) in [4.78, 5) is 0. The van der Waals surface area contributed by atoms with Gasteiger partial charge < -0.3 is 0 Å². The molecule has 0 aromatic carbocycles. The molecule has 2 unspecified atom stereocenters. The number of hydrogen-bond donors (Lipinski definition) is 1. The molecule has 2 nitrogen and oxygen atoms in total. The molecule has 0 aliphatic carbocycles. The van der Waals surface area contributed by atoms with Crippen molar-refractivity contribution in [2.45, 2.75) is 32.7 Å². The monoisotopic (exact) mass is 128 g/mol. The van der Waals surface area contributed by atoms with E-state index >= 15 is 0 Å². The van der Waals surface area contributed by atoms with Crippen molar-refractivity contribution in [3.63, 3.8) is 0 Å². The number of hydrazine groups is 1. The maximum atomic E-state index is 5.71. The van der Waals surface area contributed by atoms with Crippen LogP contribution in [0.25, 0.3) is 0 Å². The molecule has 0 aromatic heterocycles. The van der Waals surface area contributed by atoms with E-state index in [4.69, 9.17) is 5.84 Å². The predicted octanol–water partition coefficient (Wildman–Crippen LogP) is 0.980. The molecule has 0 spiro atoms. The summed E-state index contributed by atoms with van der Waals surface area (Å²) >= 11 is 0. The Labute approximate surface area is 57.0 Å². The lowest BCUT2D eigenvalue weighted by atomic mass is 10.1. The van der Waals surface area contributed by atoms with Gasteiger partial charge in [0.25, 0.3) is 0 Å². The average molecular weight is 128 g/mol. The first-order valence-corrected chi connectivity index (χ1v) is 3.75. The number of nitrogens with zero attached hydrogens (tertiary/aromatic N) is 1. The van der Waals surface area contributed by atoms with Crippen molar-refractivity contribution >= 4 is 0 Å². The molecule has 0 saturated carbocycles. The van der Waals surface area contributed by atoms with Crippen LogP contribution >= 0.6 is 0 Å². The fraction of sp³-hybridized carbons (Fsp3) is 1.00. The van der Waals surface area contributed by atoms with Gasteiger partial charge >= 0.3 is 0 Å². The summed E-state index contributed by atoms with van der Waals surface area (Å²) in [6, 6.07) is 0.653. The van der Waals surface area contributed by atoms with Crippen LogP contribution in [0.4, 0.5) is 0 Å². The molecule has 0 aromatic rings. The highest BCUT2D eigenvalue weighted by Gasteiger charge is 2.24. The van der Waals surface area contributed by atoms with Crippen LogP contribution < -0.4 is 5.84 Å². The molecular weight excluding hydrogens is 112 g/mol. The molecule has 1 heterocycles. The van der Waals surface area contributed by atoms with E-state index in [1.165, 1.54) is 12.8 Å². The van der Waals surface area contributed by atoms with Crippen LogP contribution in [0.3, 0.4) is 0 Å². The second kappa shape index (κ2) is 2.67. The molecule has 54 valence electrons. The maximum Gasteiger partial charge on any atom is 0.0241 e. The number of nitrogens with two attached hydrogens (primary N) is 1. The van der Waals surface area contributed by atoms with Crippen molar-refractivity contribution in [1.29, 1.82) is 0 Å². The minimum Gasteiger partial charge on any atom is -0.269 e. The lowest BCUT2D eigenvalue weighted by Gasteiger charge is -2.15. The van der Waals surface area contributed by atoms with Crippen LogP contribution in [0.5, 0.6) is 0 Å². The fourth-order valence-corrected chi connectivity index (χ4v) is 1.58. The van der Waals surface area contributed by atoms with E-state index in [1.807, 2.05) is 5.01 Å². The smallest absolute Gasteiger partial charge is 0.0241 e. The Morgan fingerprint density at radius 3 is 2.56 bits per heavy atom. The molecule has 1 aliphatic rings. The molecular formula is C7H16N2. The first-order valence-electron chi connectivity index (χ1n) is 3.75. The minimum atomic E-state index is 0.653. The first-order chi connectivity index (χ1) is 4.24. The standard InChI is InChI=1S/C7H16N2/c1-3-7-4-6(2)5-9(7)8/h6-7H,3-5,8H2,1-2H3. The Bertz CT molecular complexity index is 92.9. The minimum absolute atomic E-state index is 0.653. The van der Waals surface area contributed by atoms with Crippen LogP contribution in [0.1, 0.15) is 26.7 Å². The predicted molar refractivity (Wildman–Crippen MR) is 38.8 cm³/mol. The largest absolute Gasteiger partial charge is 0.269 e. The molecule has 9 heavy (non-hydrogen) atoms. The van der Waals surface area contributed by atoms with E-state index < -0.39 is 0 Å². The van der Waals surface area contributed by atoms with E-state index in [1.54, 1.807) is 0 Å². The zero-order valence-corrected chi connectivity index (χ0v) is 6.30. The van der Waals surface area contributed by atoms with Gasteiger partial charge in [-0.25, -0.2) is 5.01 Å². The molecule has 2 N–H and O–H groups in total. The summed E-state index contributed by atoms with van der Waals surface area (Å²) in [6.45, 7) is 5.54. The SMILES string of the molecule is CCC1CC(C)CN1N. The van der Waals surface area contributed by atoms with Gasteiger partial charge in [0.1, 0.15) is 0 Å². The Morgan fingerprint density at radius 2 is 2.33 bits per heavy atom. The van der Waals surface area contributed by atoms with Crippen LogP contribution in [-0.4, -0.2) is 17.6 Å². The third-order valence-corrected chi connectivity index (χ3v) is 2.14. The van der Waals surface area contributed by atoms with Crippen LogP contribution in [-0.2, 0) is 0 Å². The van der Waals surface area contributed by atoms with Gasteiger partial charge in [-0.2, -0.15) is 0 Å². The van der Waals surface area contributed by atoms with E-state index in [2.05, 4.69) is 13.8 Å². The first kappa shape index (κ1) is 7.03.